The van der Waals surface area contributed by atoms with Crippen molar-refractivity contribution in [3.8, 4) is 0 Å². The van der Waals surface area contributed by atoms with E-state index < -0.39 is 109 Å². The molecule has 0 aliphatic heterocycles. The van der Waals surface area contributed by atoms with Gasteiger partial charge in [0, 0.05) is 24.9 Å². The van der Waals surface area contributed by atoms with Gasteiger partial charge in [-0.25, -0.2) is 9.78 Å². The average Bonchev–Trinajstić information content (AvgIpc) is 3.58. The van der Waals surface area contributed by atoms with E-state index in [9.17, 15) is 53.7 Å². The number of guanidine groups is 1. The molecule has 0 unspecified atom stereocenters. The minimum Gasteiger partial charge on any atom is -0.481 e. The van der Waals surface area contributed by atoms with Crippen LogP contribution in [0.4, 0.5) is 0 Å². The van der Waals surface area contributed by atoms with Gasteiger partial charge in [-0.1, -0.05) is 0 Å². The number of carbonyl (C=O) groups is 8. The molecule has 0 aromatic carbocycles. The number of carboxylic acids is 2. The Kier molecular flexibility index (Phi) is 18.9. The number of hydrogen-bond donors (Lipinski definition) is 14. The molecule has 1 heterocycles. The van der Waals surface area contributed by atoms with Gasteiger partial charge in [-0.3, -0.25) is 38.6 Å². The molecular formula is C29H48N12O12. The van der Waals surface area contributed by atoms with Crippen molar-refractivity contribution in [2.45, 2.75) is 94.9 Å². The van der Waals surface area contributed by atoms with E-state index in [0.29, 0.717) is 5.69 Å². The summed E-state index contributed by atoms with van der Waals surface area (Å²) in [6, 6.07) is -10.4. The fraction of sp³-hybridized carbons (Fsp3) is 0.586. The van der Waals surface area contributed by atoms with Crippen molar-refractivity contribution in [2.75, 3.05) is 13.2 Å². The fourth-order valence-corrected chi connectivity index (χ4v) is 4.35. The zero-order chi connectivity index (χ0) is 40.4. The van der Waals surface area contributed by atoms with Gasteiger partial charge in [-0.05, 0) is 33.6 Å². The lowest BCUT2D eigenvalue weighted by atomic mass is 10.1. The van der Waals surface area contributed by atoms with Crippen molar-refractivity contribution in [1.82, 2.24) is 41.9 Å². The van der Waals surface area contributed by atoms with Gasteiger partial charge in [0.2, 0.25) is 35.4 Å². The van der Waals surface area contributed by atoms with E-state index >= 15 is 0 Å². The highest BCUT2D eigenvalue weighted by atomic mass is 16.4. The molecule has 0 bridgehead atoms. The number of carbonyl (C=O) groups excluding carboxylic acids is 6. The maximum atomic E-state index is 13.6. The summed E-state index contributed by atoms with van der Waals surface area (Å²) in [6.07, 6.45) is 0.232. The van der Waals surface area contributed by atoms with Gasteiger partial charge in [-0.2, -0.15) is 0 Å². The average molecular weight is 757 g/mol. The molecule has 0 saturated heterocycles. The van der Waals surface area contributed by atoms with Crippen LogP contribution in [0.3, 0.4) is 0 Å². The maximum absolute atomic E-state index is 13.6. The number of aromatic amines is 1. The second-order valence-corrected chi connectivity index (χ2v) is 11.8. The number of carboxylic acid groups (broad SMARTS) is 2. The van der Waals surface area contributed by atoms with Crippen molar-refractivity contribution in [3.05, 3.63) is 18.2 Å². The molecule has 296 valence electrons. The Morgan fingerprint density at radius 2 is 1.32 bits per heavy atom. The minimum absolute atomic E-state index is 0.0310. The molecule has 0 radical (unpaired) electrons. The standard InChI is InChI=1S/C29H48N12O12/c1-12(36-24(48)16(30)8-20(44)45)22(46)40-19(10-42)27(51)39-18(7-15-9-33-11-35-15)26(50)38-17(5-4-6-34-29(31)32)25(49)37-13(2)23(47)41-21(14(3)43)28(52)53/h9,11-14,16-19,21,42-43H,4-8,10,30H2,1-3H3,(H,33,35)(H,36,48)(H,37,49)(H,38,50)(H,39,51)(H,40,46)(H,41,47)(H,44,45)(H,52,53)(H4,31,32,34)/t12-,13-,14+,16-,17-,18-,19-,21-/m0/s1. The first-order valence-electron chi connectivity index (χ1n) is 16.1. The zero-order valence-corrected chi connectivity index (χ0v) is 29.2. The van der Waals surface area contributed by atoms with Gasteiger partial charge in [0.25, 0.3) is 0 Å². The highest BCUT2D eigenvalue weighted by Gasteiger charge is 2.33. The molecule has 0 saturated carbocycles. The van der Waals surface area contributed by atoms with E-state index in [1.807, 2.05) is 0 Å². The van der Waals surface area contributed by atoms with Crippen LogP contribution in [0.1, 0.15) is 45.7 Å². The summed E-state index contributed by atoms with van der Waals surface area (Å²) in [7, 11) is 0. The van der Waals surface area contributed by atoms with Crippen LogP contribution in [-0.4, -0.2) is 145 Å². The lowest BCUT2D eigenvalue weighted by Crippen LogP contribution is -2.60. The second kappa shape index (κ2) is 22.1. The topological polar surface area (TPSA) is 409 Å². The minimum atomic E-state index is -1.68. The number of aliphatic hydroxyl groups excluding tert-OH is 2. The molecule has 24 nitrogen and oxygen atoms in total. The zero-order valence-electron chi connectivity index (χ0n) is 29.2. The number of hydrogen-bond acceptors (Lipinski definition) is 13. The van der Waals surface area contributed by atoms with Crippen molar-refractivity contribution in [2.24, 2.45) is 22.2 Å². The van der Waals surface area contributed by atoms with Crippen molar-refractivity contribution in [1.29, 1.82) is 0 Å². The first kappa shape index (κ1) is 45.1. The Bertz CT molecular complexity index is 1470. The summed E-state index contributed by atoms with van der Waals surface area (Å²) >= 11 is 0. The van der Waals surface area contributed by atoms with Gasteiger partial charge in [0.1, 0.15) is 30.2 Å². The van der Waals surface area contributed by atoms with E-state index in [4.69, 9.17) is 22.3 Å². The second-order valence-electron chi connectivity index (χ2n) is 11.8. The van der Waals surface area contributed by atoms with Crippen LogP contribution < -0.4 is 49.1 Å². The number of rotatable bonds is 23. The third kappa shape index (κ3) is 16.3. The molecule has 53 heavy (non-hydrogen) atoms. The normalized spacial score (nSPS) is 15.4. The van der Waals surface area contributed by atoms with E-state index in [0.717, 1.165) is 6.92 Å². The molecule has 17 N–H and O–H groups in total. The molecular weight excluding hydrogens is 708 g/mol. The summed E-state index contributed by atoms with van der Waals surface area (Å²) in [4.78, 5) is 110. The van der Waals surface area contributed by atoms with Crippen molar-refractivity contribution in [3.63, 3.8) is 0 Å². The highest BCUT2D eigenvalue weighted by molar-refractivity contribution is 5.97. The van der Waals surface area contributed by atoms with Crippen LogP contribution in [0, 0.1) is 0 Å². The number of nitrogens with two attached hydrogens (primary N) is 3. The molecule has 0 spiro atoms. The number of aromatic nitrogens is 2. The van der Waals surface area contributed by atoms with Gasteiger partial charge in [-0.15, -0.1) is 0 Å². The van der Waals surface area contributed by atoms with Gasteiger partial charge >= 0.3 is 11.9 Å². The Balaban J connectivity index is 3.18. The molecule has 24 heteroatoms. The van der Waals surface area contributed by atoms with Crippen LogP contribution in [0.25, 0.3) is 0 Å². The van der Waals surface area contributed by atoms with E-state index in [1.165, 1.54) is 26.4 Å². The lowest BCUT2D eigenvalue weighted by Gasteiger charge is -2.26. The molecule has 0 aliphatic carbocycles. The van der Waals surface area contributed by atoms with E-state index in [1.54, 1.807) is 0 Å². The van der Waals surface area contributed by atoms with Crippen molar-refractivity contribution < 1.29 is 58.8 Å². The Morgan fingerprint density at radius 1 is 0.792 bits per heavy atom. The van der Waals surface area contributed by atoms with Crippen LogP contribution in [0.2, 0.25) is 0 Å². The fourth-order valence-electron chi connectivity index (χ4n) is 4.35. The number of nitrogens with zero attached hydrogens (tertiary/aromatic N) is 2. The Hall–Kier alpha value is -5.88. The van der Waals surface area contributed by atoms with E-state index in [-0.39, 0.29) is 31.8 Å². The summed E-state index contributed by atoms with van der Waals surface area (Å²) < 4.78 is 0. The smallest absolute Gasteiger partial charge is 0.328 e. The summed E-state index contributed by atoms with van der Waals surface area (Å²) in [5, 5.41) is 51.4. The molecule has 0 aliphatic rings. The van der Waals surface area contributed by atoms with Crippen LogP contribution in [0.15, 0.2) is 17.5 Å². The number of amides is 6. The molecule has 1 aromatic heterocycles. The number of aliphatic carboxylic acids is 2. The highest BCUT2D eigenvalue weighted by Crippen LogP contribution is 2.05. The first-order valence-corrected chi connectivity index (χ1v) is 16.1. The number of imidazole rings is 1. The Morgan fingerprint density at radius 3 is 1.83 bits per heavy atom. The first-order chi connectivity index (χ1) is 24.8. The van der Waals surface area contributed by atoms with Gasteiger partial charge < -0.3 is 74.5 Å². The molecule has 6 amide bonds. The van der Waals surface area contributed by atoms with Gasteiger partial charge in [0.05, 0.1) is 31.5 Å². The largest absolute Gasteiger partial charge is 0.481 e. The molecule has 1 rings (SSSR count). The molecule has 8 atom stereocenters. The van der Waals surface area contributed by atoms with Crippen LogP contribution in [0.5, 0.6) is 0 Å². The third-order valence-electron chi connectivity index (χ3n) is 7.29. The van der Waals surface area contributed by atoms with E-state index in [2.05, 4.69) is 46.9 Å². The molecule has 0 fully saturated rings. The summed E-state index contributed by atoms with van der Waals surface area (Å²) in [5.41, 5.74) is 16.5. The summed E-state index contributed by atoms with van der Waals surface area (Å²) in [5.74, 6) is -8.92. The van der Waals surface area contributed by atoms with Gasteiger partial charge in [0.15, 0.2) is 12.0 Å². The lowest BCUT2D eigenvalue weighted by molar-refractivity contribution is -0.145. The Labute approximate surface area is 302 Å². The number of aliphatic hydroxyl groups is 2. The SMILES string of the molecule is C[C@H](NC(=O)[C@H](CCCN=C(N)N)NC(=O)[C@H](Cc1cnc[nH]1)NC(=O)[C@H](CO)NC(=O)[C@H](C)NC(=O)[C@@H](N)CC(=O)O)C(=O)N[C@H](C(=O)O)[C@@H](C)O. The number of H-pyrrole nitrogens is 1. The van der Waals surface area contributed by atoms with Crippen molar-refractivity contribution >= 4 is 53.3 Å². The van der Waals surface area contributed by atoms with Crippen LogP contribution >= 0.6 is 0 Å². The monoisotopic (exact) mass is 756 g/mol. The molecule has 1 aromatic rings. The quantitative estimate of drug-likeness (QED) is 0.0280. The third-order valence-corrected chi connectivity index (χ3v) is 7.29. The predicted molar refractivity (Wildman–Crippen MR) is 182 cm³/mol. The summed E-state index contributed by atoms with van der Waals surface area (Å²) in [6.45, 7) is 2.64. The number of nitrogens with one attached hydrogen (secondary N) is 7. The maximum Gasteiger partial charge on any atom is 0.328 e. The predicted octanol–water partition coefficient (Wildman–Crippen LogP) is -6.79. The van der Waals surface area contributed by atoms with Crippen LogP contribution in [-0.2, 0) is 44.8 Å². The number of aliphatic imine (C=N–C) groups is 1.